The molecule has 0 aliphatic heterocycles. The van der Waals surface area contributed by atoms with Crippen LogP contribution in [0.25, 0.3) is 0 Å². The zero-order chi connectivity index (χ0) is 16.6. The van der Waals surface area contributed by atoms with Gasteiger partial charge in [0.25, 0.3) is 0 Å². The number of rotatable bonds is 8. The molecule has 24 heavy (non-hydrogen) atoms. The van der Waals surface area contributed by atoms with E-state index in [1.807, 2.05) is 0 Å². The van der Waals surface area contributed by atoms with Gasteiger partial charge < -0.3 is 9.84 Å². The Labute approximate surface area is 144 Å². The third-order valence-electron chi connectivity index (χ3n) is 4.66. The van der Waals surface area contributed by atoms with Crippen LogP contribution in [0.15, 0.2) is 60.7 Å². The van der Waals surface area contributed by atoms with Gasteiger partial charge in [-0.1, -0.05) is 60.7 Å². The number of nitrogens with zero attached hydrogens (tertiary/aromatic N) is 1. The lowest BCUT2D eigenvalue weighted by Gasteiger charge is -2.24. The first-order valence-corrected chi connectivity index (χ1v) is 8.91. The molecule has 0 amide bonds. The molecule has 2 aromatic rings. The number of hydrogen-bond acceptors (Lipinski definition) is 3. The van der Waals surface area contributed by atoms with Crippen molar-refractivity contribution in [3.05, 3.63) is 71.8 Å². The molecule has 0 bridgehead atoms. The van der Waals surface area contributed by atoms with E-state index in [0.717, 1.165) is 38.9 Å². The van der Waals surface area contributed by atoms with Crippen LogP contribution in [-0.4, -0.2) is 35.4 Å². The molecule has 2 atom stereocenters. The van der Waals surface area contributed by atoms with Gasteiger partial charge in [-0.2, -0.15) is 0 Å². The summed E-state index contributed by atoms with van der Waals surface area (Å²) in [4.78, 5) is 2.41. The summed E-state index contributed by atoms with van der Waals surface area (Å²) in [7, 11) is 0. The van der Waals surface area contributed by atoms with Crippen molar-refractivity contribution >= 4 is 0 Å². The normalized spacial score (nSPS) is 20.6. The van der Waals surface area contributed by atoms with E-state index < -0.39 is 0 Å². The van der Waals surface area contributed by atoms with Crippen molar-refractivity contribution in [3.8, 4) is 0 Å². The molecule has 0 aromatic heterocycles. The maximum Gasteiger partial charge on any atom is 0.0834 e. The van der Waals surface area contributed by atoms with Crippen LogP contribution in [-0.2, 0) is 17.8 Å². The van der Waals surface area contributed by atoms with Gasteiger partial charge in [0, 0.05) is 19.6 Å². The highest BCUT2D eigenvalue weighted by Crippen LogP contribution is 2.21. The highest BCUT2D eigenvalue weighted by molar-refractivity contribution is 5.17. The van der Waals surface area contributed by atoms with Gasteiger partial charge in [0.1, 0.15) is 0 Å². The molecule has 2 aromatic carbocycles. The summed E-state index contributed by atoms with van der Waals surface area (Å²) in [5.41, 5.74) is 2.63. The lowest BCUT2D eigenvalue weighted by Crippen LogP contribution is -2.30. The molecular weight excluding hydrogens is 298 g/mol. The Balaban J connectivity index is 1.56. The molecule has 0 radical (unpaired) electrons. The topological polar surface area (TPSA) is 32.7 Å². The maximum atomic E-state index is 9.89. The third-order valence-corrected chi connectivity index (χ3v) is 4.66. The fourth-order valence-corrected chi connectivity index (χ4v) is 3.33. The van der Waals surface area contributed by atoms with Crippen molar-refractivity contribution in [3.63, 3.8) is 0 Å². The second-order valence-electron chi connectivity index (χ2n) is 6.59. The molecular formula is C21H27NO2. The average Bonchev–Trinajstić information content (AvgIpc) is 3.02. The van der Waals surface area contributed by atoms with E-state index in [-0.39, 0.29) is 12.2 Å². The molecule has 1 aliphatic carbocycles. The van der Waals surface area contributed by atoms with Gasteiger partial charge in [-0.25, -0.2) is 0 Å². The minimum absolute atomic E-state index is 0.0281. The molecule has 3 nitrogen and oxygen atoms in total. The van der Waals surface area contributed by atoms with Crippen LogP contribution in [0.4, 0.5) is 0 Å². The van der Waals surface area contributed by atoms with Crippen LogP contribution in [0.5, 0.6) is 0 Å². The van der Waals surface area contributed by atoms with E-state index in [1.54, 1.807) is 0 Å². The van der Waals surface area contributed by atoms with Crippen LogP contribution in [0.2, 0.25) is 0 Å². The fourth-order valence-electron chi connectivity index (χ4n) is 3.33. The van der Waals surface area contributed by atoms with Gasteiger partial charge in [0.15, 0.2) is 0 Å². The number of hydrogen-bond donors (Lipinski definition) is 1. The predicted molar refractivity (Wildman–Crippen MR) is 96.6 cm³/mol. The number of benzene rings is 2. The third kappa shape index (κ3) is 5.17. The van der Waals surface area contributed by atoms with Gasteiger partial charge in [0.05, 0.1) is 18.8 Å². The Kier molecular flexibility index (Phi) is 6.41. The number of ether oxygens (including phenoxy) is 1. The van der Waals surface area contributed by atoms with E-state index in [1.165, 1.54) is 11.1 Å². The van der Waals surface area contributed by atoms with Crippen molar-refractivity contribution < 1.29 is 9.84 Å². The summed E-state index contributed by atoms with van der Waals surface area (Å²) in [6.07, 6.45) is 2.69. The summed E-state index contributed by atoms with van der Waals surface area (Å²) in [6, 6.07) is 21.1. The van der Waals surface area contributed by atoms with Gasteiger partial charge in [-0.05, 0) is 30.4 Å². The van der Waals surface area contributed by atoms with Crippen LogP contribution >= 0.6 is 0 Å². The Hall–Kier alpha value is -1.68. The quantitative estimate of drug-likeness (QED) is 0.804. The van der Waals surface area contributed by atoms with Gasteiger partial charge >= 0.3 is 0 Å². The SMILES string of the molecule is O[C@H]1CCC[C@@H]1OCCN(Cc1ccccc1)Cc1ccccc1. The summed E-state index contributed by atoms with van der Waals surface area (Å²) in [5.74, 6) is 0. The molecule has 0 saturated heterocycles. The molecule has 1 N–H and O–H groups in total. The molecule has 3 rings (SSSR count). The standard InChI is InChI=1S/C21H27NO2/c23-20-12-7-13-21(20)24-15-14-22(16-18-8-3-1-4-9-18)17-19-10-5-2-6-11-19/h1-6,8-11,20-21,23H,7,12-17H2/t20-,21-/m0/s1. The molecule has 1 fully saturated rings. The van der Waals surface area contributed by atoms with Gasteiger partial charge in [-0.3, -0.25) is 4.90 Å². The van der Waals surface area contributed by atoms with Crippen molar-refractivity contribution in [1.29, 1.82) is 0 Å². The Morgan fingerprint density at radius 1 is 0.875 bits per heavy atom. The molecule has 1 saturated carbocycles. The van der Waals surface area contributed by atoms with Gasteiger partial charge in [-0.15, -0.1) is 0 Å². The Bertz CT molecular complexity index is 546. The molecule has 0 heterocycles. The van der Waals surface area contributed by atoms with Crippen molar-refractivity contribution in [1.82, 2.24) is 4.90 Å². The van der Waals surface area contributed by atoms with E-state index in [0.29, 0.717) is 6.61 Å². The number of aliphatic hydroxyl groups excluding tert-OH is 1. The van der Waals surface area contributed by atoms with Gasteiger partial charge in [0.2, 0.25) is 0 Å². The summed E-state index contributed by atoms with van der Waals surface area (Å²) < 4.78 is 5.93. The van der Waals surface area contributed by atoms with Crippen molar-refractivity contribution in [2.24, 2.45) is 0 Å². The zero-order valence-corrected chi connectivity index (χ0v) is 14.2. The highest BCUT2D eigenvalue weighted by atomic mass is 16.5. The van der Waals surface area contributed by atoms with Crippen molar-refractivity contribution in [2.75, 3.05) is 13.2 Å². The fraction of sp³-hybridized carbons (Fsp3) is 0.429. The van der Waals surface area contributed by atoms with E-state index in [9.17, 15) is 5.11 Å². The lowest BCUT2D eigenvalue weighted by atomic mass is 10.1. The average molecular weight is 325 g/mol. The molecule has 0 unspecified atom stereocenters. The smallest absolute Gasteiger partial charge is 0.0834 e. The van der Waals surface area contributed by atoms with E-state index in [2.05, 4.69) is 65.6 Å². The largest absolute Gasteiger partial charge is 0.390 e. The van der Waals surface area contributed by atoms with Crippen LogP contribution in [0.3, 0.4) is 0 Å². The summed E-state index contributed by atoms with van der Waals surface area (Å²) in [5, 5.41) is 9.89. The predicted octanol–water partition coefficient (Wildman–Crippen LogP) is 3.62. The van der Waals surface area contributed by atoms with Crippen LogP contribution in [0, 0.1) is 0 Å². The number of aliphatic hydroxyl groups is 1. The lowest BCUT2D eigenvalue weighted by molar-refractivity contribution is -0.0265. The molecule has 1 aliphatic rings. The second-order valence-corrected chi connectivity index (χ2v) is 6.59. The maximum absolute atomic E-state index is 9.89. The molecule has 3 heteroatoms. The highest BCUT2D eigenvalue weighted by Gasteiger charge is 2.25. The van der Waals surface area contributed by atoms with E-state index in [4.69, 9.17) is 4.74 Å². The van der Waals surface area contributed by atoms with Crippen LogP contribution in [0.1, 0.15) is 30.4 Å². The Morgan fingerprint density at radius 3 is 1.96 bits per heavy atom. The minimum atomic E-state index is -0.276. The monoisotopic (exact) mass is 325 g/mol. The van der Waals surface area contributed by atoms with E-state index >= 15 is 0 Å². The summed E-state index contributed by atoms with van der Waals surface area (Å²) in [6.45, 7) is 3.35. The summed E-state index contributed by atoms with van der Waals surface area (Å²) >= 11 is 0. The molecule has 0 spiro atoms. The second kappa shape index (κ2) is 8.97. The zero-order valence-electron chi connectivity index (χ0n) is 14.2. The molecule has 128 valence electrons. The van der Waals surface area contributed by atoms with Crippen LogP contribution < -0.4 is 0 Å². The first-order chi connectivity index (χ1) is 11.8. The van der Waals surface area contributed by atoms with Crippen molar-refractivity contribution in [2.45, 2.75) is 44.6 Å². The minimum Gasteiger partial charge on any atom is -0.390 e. The first kappa shape index (κ1) is 17.2. The first-order valence-electron chi connectivity index (χ1n) is 8.91. The Morgan fingerprint density at radius 2 is 1.46 bits per heavy atom.